The van der Waals surface area contributed by atoms with Crippen molar-refractivity contribution in [2.45, 2.75) is 0 Å². The lowest BCUT2D eigenvalue weighted by Crippen LogP contribution is -2.03. The van der Waals surface area contributed by atoms with E-state index in [9.17, 15) is 4.79 Å². The third-order valence-corrected chi connectivity index (χ3v) is 3.24. The van der Waals surface area contributed by atoms with Crippen LogP contribution in [0.5, 0.6) is 11.8 Å². The van der Waals surface area contributed by atoms with Crippen molar-refractivity contribution in [3.05, 3.63) is 34.3 Å². The maximum absolute atomic E-state index is 11.1. The SMILES string of the molecule is COc1cc(OC)nc(Nc2ccc(Br)c(C(=O)O)c2)n1. The Bertz CT molecular complexity index is 656. The molecular formula is C13H12BrN3O4. The number of hydrogen-bond donors (Lipinski definition) is 2. The van der Waals surface area contributed by atoms with Crippen LogP contribution < -0.4 is 14.8 Å². The second-order valence-corrected chi connectivity index (χ2v) is 4.76. The Hall–Kier alpha value is -2.35. The fourth-order valence-electron chi connectivity index (χ4n) is 1.56. The molecule has 8 heteroatoms. The largest absolute Gasteiger partial charge is 0.481 e. The number of nitrogens with zero attached hydrogens (tertiary/aromatic N) is 2. The van der Waals surface area contributed by atoms with Gasteiger partial charge in [-0.1, -0.05) is 0 Å². The highest BCUT2D eigenvalue weighted by molar-refractivity contribution is 9.10. The molecule has 0 saturated carbocycles. The molecule has 21 heavy (non-hydrogen) atoms. The van der Waals surface area contributed by atoms with Crippen molar-refractivity contribution < 1.29 is 19.4 Å². The standard InChI is InChI=1S/C13H12BrN3O4/c1-20-10-6-11(21-2)17-13(16-10)15-7-3-4-9(14)8(5-7)12(18)19/h3-6H,1-2H3,(H,18,19)(H,15,16,17). The lowest BCUT2D eigenvalue weighted by atomic mass is 10.2. The number of carboxylic acids is 1. The van der Waals surface area contributed by atoms with Gasteiger partial charge in [-0.3, -0.25) is 0 Å². The molecule has 2 aromatic rings. The van der Waals surface area contributed by atoms with Gasteiger partial charge in [0.1, 0.15) is 0 Å². The predicted octanol–water partition coefficient (Wildman–Crippen LogP) is 2.70. The van der Waals surface area contributed by atoms with Gasteiger partial charge in [-0.25, -0.2) is 4.79 Å². The fourth-order valence-corrected chi connectivity index (χ4v) is 1.98. The van der Waals surface area contributed by atoms with Gasteiger partial charge in [-0.15, -0.1) is 0 Å². The zero-order valence-corrected chi connectivity index (χ0v) is 12.8. The number of benzene rings is 1. The number of aromatic nitrogens is 2. The van der Waals surface area contributed by atoms with Gasteiger partial charge >= 0.3 is 5.97 Å². The number of nitrogens with one attached hydrogen (secondary N) is 1. The van der Waals surface area contributed by atoms with Crippen molar-refractivity contribution in [2.24, 2.45) is 0 Å². The molecule has 0 fully saturated rings. The molecule has 0 aliphatic heterocycles. The zero-order valence-electron chi connectivity index (χ0n) is 11.3. The Kier molecular flexibility index (Phi) is 4.59. The molecule has 0 bridgehead atoms. The van der Waals surface area contributed by atoms with Gasteiger partial charge in [0.2, 0.25) is 17.7 Å². The number of aromatic carboxylic acids is 1. The van der Waals surface area contributed by atoms with Crippen molar-refractivity contribution in [3.63, 3.8) is 0 Å². The molecular weight excluding hydrogens is 342 g/mol. The molecule has 0 aliphatic rings. The van der Waals surface area contributed by atoms with E-state index in [1.807, 2.05) is 0 Å². The van der Waals surface area contributed by atoms with E-state index in [-0.39, 0.29) is 11.5 Å². The Morgan fingerprint density at radius 3 is 2.33 bits per heavy atom. The smallest absolute Gasteiger partial charge is 0.336 e. The predicted molar refractivity (Wildman–Crippen MR) is 79.5 cm³/mol. The molecule has 2 N–H and O–H groups in total. The van der Waals surface area contributed by atoms with Crippen LogP contribution in [0.15, 0.2) is 28.7 Å². The van der Waals surface area contributed by atoms with Crippen LogP contribution in [-0.4, -0.2) is 35.3 Å². The lowest BCUT2D eigenvalue weighted by molar-refractivity contribution is 0.0696. The minimum atomic E-state index is -1.03. The molecule has 0 saturated heterocycles. The van der Waals surface area contributed by atoms with Crippen LogP contribution in [0.3, 0.4) is 0 Å². The van der Waals surface area contributed by atoms with E-state index >= 15 is 0 Å². The summed E-state index contributed by atoms with van der Waals surface area (Å²) in [6, 6.07) is 6.34. The van der Waals surface area contributed by atoms with E-state index in [4.69, 9.17) is 14.6 Å². The fraction of sp³-hybridized carbons (Fsp3) is 0.154. The second-order valence-electron chi connectivity index (χ2n) is 3.90. The minimum absolute atomic E-state index is 0.134. The van der Waals surface area contributed by atoms with Crippen LogP contribution in [0, 0.1) is 0 Å². The third-order valence-electron chi connectivity index (χ3n) is 2.55. The quantitative estimate of drug-likeness (QED) is 0.853. The molecule has 2 rings (SSSR count). The van der Waals surface area contributed by atoms with Crippen molar-refractivity contribution in [2.75, 3.05) is 19.5 Å². The summed E-state index contributed by atoms with van der Waals surface area (Å²) >= 11 is 3.18. The van der Waals surface area contributed by atoms with Crippen LogP contribution >= 0.6 is 15.9 Å². The topological polar surface area (TPSA) is 93.6 Å². The molecule has 0 unspecified atom stereocenters. The summed E-state index contributed by atoms with van der Waals surface area (Å²) in [7, 11) is 2.96. The maximum atomic E-state index is 11.1. The number of rotatable bonds is 5. The van der Waals surface area contributed by atoms with Crippen LogP contribution in [0.2, 0.25) is 0 Å². The lowest BCUT2D eigenvalue weighted by Gasteiger charge is -2.09. The second kappa shape index (κ2) is 6.40. The van der Waals surface area contributed by atoms with Crippen LogP contribution in [0.25, 0.3) is 0 Å². The normalized spacial score (nSPS) is 10.0. The summed E-state index contributed by atoms with van der Waals surface area (Å²) in [5.41, 5.74) is 0.667. The van der Waals surface area contributed by atoms with Gasteiger partial charge in [0.25, 0.3) is 0 Å². The summed E-state index contributed by atoms with van der Waals surface area (Å²) in [5.74, 6) is -0.126. The Morgan fingerprint density at radius 2 is 1.81 bits per heavy atom. The first kappa shape index (κ1) is 15.0. The summed E-state index contributed by atoms with van der Waals surface area (Å²) in [4.78, 5) is 19.3. The molecule has 1 aromatic carbocycles. The van der Waals surface area contributed by atoms with Crippen LogP contribution in [0.1, 0.15) is 10.4 Å². The van der Waals surface area contributed by atoms with E-state index in [2.05, 4.69) is 31.2 Å². The van der Waals surface area contributed by atoms with Gasteiger partial charge < -0.3 is 19.9 Å². The molecule has 7 nitrogen and oxygen atoms in total. The van der Waals surface area contributed by atoms with Crippen molar-refractivity contribution >= 4 is 33.5 Å². The minimum Gasteiger partial charge on any atom is -0.481 e. The number of carbonyl (C=O) groups is 1. The van der Waals surface area contributed by atoms with Gasteiger partial charge in [0, 0.05) is 10.2 Å². The van der Waals surface area contributed by atoms with E-state index in [0.717, 1.165) is 0 Å². The highest BCUT2D eigenvalue weighted by atomic mass is 79.9. The molecule has 0 radical (unpaired) electrons. The average molecular weight is 354 g/mol. The molecule has 0 amide bonds. The third kappa shape index (κ3) is 3.60. The number of halogens is 1. The number of ether oxygens (including phenoxy) is 2. The Balaban J connectivity index is 2.33. The van der Waals surface area contributed by atoms with Crippen molar-refractivity contribution in [1.82, 2.24) is 9.97 Å². The summed E-state index contributed by atoms with van der Waals surface area (Å²) in [6.45, 7) is 0. The number of anilines is 2. The zero-order chi connectivity index (χ0) is 15.4. The molecule has 0 spiro atoms. The first-order chi connectivity index (χ1) is 10.0. The highest BCUT2D eigenvalue weighted by Gasteiger charge is 2.11. The van der Waals surface area contributed by atoms with E-state index in [1.54, 1.807) is 12.1 Å². The molecule has 0 aliphatic carbocycles. The Labute approximate surface area is 129 Å². The molecule has 1 heterocycles. The summed E-state index contributed by atoms with van der Waals surface area (Å²) in [6.07, 6.45) is 0. The first-order valence-electron chi connectivity index (χ1n) is 5.80. The summed E-state index contributed by atoms with van der Waals surface area (Å²) in [5, 5.41) is 12.0. The summed E-state index contributed by atoms with van der Waals surface area (Å²) < 4.78 is 10.6. The van der Waals surface area contributed by atoms with Gasteiger partial charge in [-0.05, 0) is 34.1 Å². The van der Waals surface area contributed by atoms with E-state index in [1.165, 1.54) is 26.4 Å². The molecule has 0 atom stereocenters. The highest BCUT2D eigenvalue weighted by Crippen LogP contribution is 2.24. The van der Waals surface area contributed by atoms with Crippen molar-refractivity contribution in [1.29, 1.82) is 0 Å². The van der Waals surface area contributed by atoms with Gasteiger partial charge in [-0.2, -0.15) is 9.97 Å². The number of hydrogen-bond acceptors (Lipinski definition) is 6. The Morgan fingerprint density at radius 1 is 1.19 bits per heavy atom. The number of carboxylic acid groups (broad SMARTS) is 1. The van der Waals surface area contributed by atoms with Gasteiger partial charge in [0.05, 0.1) is 25.8 Å². The molecule has 1 aromatic heterocycles. The van der Waals surface area contributed by atoms with E-state index < -0.39 is 5.97 Å². The molecule has 110 valence electrons. The van der Waals surface area contributed by atoms with Crippen LogP contribution in [0.4, 0.5) is 11.6 Å². The van der Waals surface area contributed by atoms with E-state index in [0.29, 0.717) is 21.9 Å². The monoisotopic (exact) mass is 353 g/mol. The van der Waals surface area contributed by atoms with Crippen molar-refractivity contribution in [3.8, 4) is 11.8 Å². The first-order valence-corrected chi connectivity index (χ1v) is 6.59. The number of methoxy groups -OCH3 is 2. The van der Waals surface area contributed by atoms with Gasteiger partial charge in [0.15, 0.2) is 0 Å². The maximum Gasteiger partial charge on any atom is 0.336 e. The average Bonchev–Trinajstić information content (AvgIpc) is 2.48. The van der Waals surface area contributed by atoms with Crippen LogP contribution in [-0.2, 0) is 0 Å².